The second kappa shape index (κ2) is 4.31. The highest BCUT2D eigenvalue weighted by atomic mass is 32.2. The van der Waals surface area contributed by atoms with Crippen molar-refractivity contribution in [2.24, 2.45) is 0 Å². The van der Waals surface area contributed by atoms with Crippen LogP contribution in [0.3, 0.4) is 0 Å². The van der Waals surface area contributed by atoms with Gasteiger partial charge in [-0.25, -0.2) is 0 Å². The summed E-state index contributed by atoms with van der Waals surface area (Å²) in [5.41, 5.74) is 0. The predicted molar refractivity (Wildman–Crippen MR) is 43.9 cm³/mol. The Kier molecular flexibility index (Phi) is 3.27. The summed E-state index contributed by atoms with van der Waals surface area (Å²) in [7, 11) is 0. The second-order valence-corrected chi connectivity index (χ2v) is 4.41. The first-order valence-corrected chi connectivity index (χ1v) is 5.79. The van der Waals surface area contributed by atoms with E-state index in [2.05, 4.69) is 8.37 Å². The average molecular weight is 244 g/mol. The van der Waals surface area contributed by atoms with Crippen molar-refractivity contribution in [2.75, 3.05) is 13.2 Å². The van der Waals surface area contributed by atoms with Crippen molar-refractivity contribution in [2.45, 2.75) is 18.3 Å². The van der Waals surface area contributed by atoms with Gasteiger partial charge >= 0.3 is 22.7 Å². The fourth-order valence-electron chi connectivity index (χ4n) is 1.11. The molecule has 0 bridgehead atoms. The Morgan fingerprint density at radius 1 is 1.07 bits per heavy atom. The smallest absolute Gasteiger partial charge is 0.305 e. The summed E-state index contributed by atoms with van der Waals surface area (Å²) in [5, 5.41) is 9.61. The van der Waals surface area contributed by atoms with Gasteiger partial charge in [-0.05, 0) is 0 Å². The molecule has 2 fully saturated rings. The van der Waals surface area contributed by atoms with E-state index in [9.17, 15) is 13.5 Å². The molecule has 2 unspecified atom stereocenters. The first-order valence-electron chi connectivity index (χ1n) is 3.79. The van der Waals surface area contributed by atoms with Crippen molar-refractivity contribution in [3.63, 3.8) is 0 Å². The van der Waals surface area contributed by atoms with Gasteiger partial charge < -0.3 is 5.11 Å². The van der Waals surface area contributed by atoms with Gasteiger partial charge in [0.05, 0.1) is 13.2 Å². The van der Waals surface area contributed by atoms with Gasteiger partial charge in [0, 0.05) is 0 Å². The summed E-state index contributed by atoms with van der Waals surface area (Å²) in [6.45, 7) is 0.0283. The van der Waals surface area contributed by atoms with Crippen LogP contribution in [-0.2, 0) is 39.5 Å². The van der Waals surface area contributed by atoms with E-state index in [0.29, 0.717) is 0 Å². The molecule has 14 heavy (non-hydrogen) atoms. The third-order valence-corrected chi connectivity index (χ3v) is 3.29. The van der Waals surface area contributed by atoms with Crippen molar-refractivity contribution in [3.8, 4) is 0 Å². The first kappa shape index (κ1) is 10.6. The molecule has 2 saturated heterocycles. The summed E-state index contributed by atoms with van der Waals surface area (Å²) in [5.74, 6) is 0. The van der Waals surface area contributed by atoms with Crippen LogP contribution in [0.15, 0.2) is 0 Å². The Hall–Kier alpha value is 0.1000. The van der Waals surface area contributed by atoms with E-state index < -0.39 is 41.0 Å². The third kappa shape index (κ3) is 2.19. The van der Waals surface area contributed by atoms with Crippen molar-refractivity contribution in [3.05, 3.63) is 0 Å². The molecule has 0 aromatic carbocycles. The zero-order valence-corrected chi connectivity index (χ0v) is 8.49. The molecule has 2 rings (SSSR count). The van der Waals surface area contributed by atoms with E-state index >= 15 is 0 Å². The quantitative estimate of drug-likeness (QED) is 0.621. The highest BCUT2D eigenvalue weighted by molar-refractivity contribution is 7.75. The van der Waals surface area contributed by atoms with Crippen LogP contribution in [0.2, 0.25) is 0 Å². The maximum absolute atomic E-state index is 10.7. The van der Waals surface area contributed by atoms with Gasteiger partial charge in [0.2, 0.25) is 0 Å². The topological polar surface area (TPSA) is 91.3 Å². The molecule has 1 N–H and O–H groups in total. The zero-order valence-electron chi connectivity index (χ0n) is 6.86. The summed E-state index contributed by atoms with van der Waals surface area (Å²) < 4.78 is 40.0. The number of hydrogen-bond acceptors (Lipinski definition) is 7. The van der Waals surface area contributed by atoms with Gasteiger partial charge in [-0.3, -0.25) is 16.7 Å². The standard InChI is InChI=1S/C5H8O7S2/c6-5(3-1-9-13(7)11-3)4-2-10-14(8)12-4/h3-6H,1-2H2/t3-,4-,5?,13?,14?/m1/s1. The Balaban J connectivity index is 1.91. The lowest BCUT2D eigenvalue weighted by atomic mass is 10.1. The highest BCUT2D eigenvalue weighted by Crippen LogP contribution is 2.20. The predicted octanol–water partition coefficient (Wildman–Crippen LogP) is -1.66. The van der Waals surface area contributed by atoms with Crippen LogP contribution < -0.4 is 0 Å². The SMILES string of the molecule is O=S1OC[C@H](C(O)[C@H]2COS(=O)O2)O1. The van der Waals surface area contributed by atoms with E-state index in [1.165, 1.54) is 0 Å². The van der Waals surface area contributed by atoms with Crippen LogP contribution >= 0.6 is 0 Å². The molecule has 0 aliphatic carbocycles. The lowest BCUT2D eigenvalue weighted by Gasteiger charge is -2.17. The summed E-state index contributed by atoms with van der Waals surface area (Å²) >= 11 is -3.63. The van der Waals surface area contributed by atoms with Crippen molar-refractivity contribution < 1.29 is 30.3 Å². The van der Waals surface area contributed by atoms with Gasteiger partial charge in [-0.2, -0.15) is 8.42 Å². The molecule has 0 amide bonds. The van der Waals surface area contributed by atoms with Gasteiger partial charge in [0.1, 0.15) is 18.3 Å². The van der Waals surface area contributed by atoms with Gasteiger partial charge in [-0.15, -0.1) is 0 Å². The number of aliphatic hydroxyl groups is 1. The lowest BCUT2D eigenvalue weighted by molar-refractivity contribution is -0.0205. The van der Waals surface area contributed by atoms with Crippen LogP contribution in [0.5, 0.6) is 0 Å². The Bertz CT molecular complexity index is 243. The molecular formula is C5H8O7S2. The van der Waals surface area contributed by atoms with Crippen LogP contribution in [0.4, 0.5) is 0 Å². The maximum atomic E-state index is 10.7. The lowest BCUT2D eigenvalue weighted by Crippen LogP contribution is -2.39. The van der Waals surface area contributed by atoms with E-state index in [4.69, 9.17) is 8.37 Å². The fourth-order valence-corrected chi connectivity index (χ4v) is 2.45. The molecule has 0 aromatic heterocycles. The van der Waals surface area contributed by atoms with Gasteiger partial charge in [-0.1, -0.05) is 0 Å². The Labute approximate surface area is 85.0 Å². The molecule has 7 nitrogen and oxygen atoms in total. The molecule has 2 aliphatic rings. The molecule has 0 saturated carbocycles. The minimum Gasteiger partial charge on any atom is -0.387 e. The first-order chi connectivity index (χ1) is 6.66. The molecule has 0 radical (unpaired) electrons. The summed E-state index contributed by atoms with van der Waals surface area (Å²) in [6.07, 6.45) is -2.54. The van der Waals surface area contributed by atoms with Gasteiger partial charge in [0.25, 0.3) is 0 Å². The number of hydrogen-bond donors (Lipinski definition) is 1. The Morgan fingerprint density at radius 2 is 1.50 bits per heavy atom. The molecule has 0 aromatic rings. The Morgan fingerprint density at radius 3 is 1.79 bits per heavy atom. The second-order valence-electron chi connectivity index (χ2n) is 2.74. The molecule has 4 atom stereocenters. The fraction of sp³-hybridized carbons (Fsp3) is 1.00. The average Bonchev–Trinajstić information content (AvgIpc) is 2.73. The van der Waals surface area contributed by atoms with Crippen molar-refractivity contribution in [1.29, 1.82) is 0 Å². The van der Waals surface area contributed by atoms with E-state index in [1.807, 2.05) is 0 Å². The van der Waals surface area contributed by atoms with Crippen LogP contribution in [0.1, 0.15) is 0 Å². The van der Waals surface area contributed by atoms with Crippen molar-refractivity contribution >= 4 is 22.7 Å². The summed E-state index contributed by atoms with van der Waals surface area (Å²) in [4.78, 5) is 0. The molecule has 82 valence electrons. The summed E-state index contributed by atoms with van der Waals surface area (Å²) in [6, 6.07) is 0. The number of aliphatic hydroxyl groups excluding tert-OH is 1. The van der Waals surface area contributed by atoms with Gasteiger partial charge in [0.15, 0.2) is 0 Å². The zero-order chi connectivity index (χ0) is 10.1. The molecule has 0 spiro atoms. The van der Waals surface area contributed by atoms with Crippen LogP contribution in [-0.4, -0.2) is 45.0 Å². The number of rotatable bonds is 2. The third-order valence-electron chi connectivity index (χ3n) is 1.82. The monoisotopic (exact) mass is 244 g/mol. The van der Waals surface area contributed by atoms with E-state index in [0.717, 1.165) is 0 Å². The highest BCUT2D eigenvalue weighted by Gasteiger charge is 2.40. The van der Waals surface area contributed by atoms with Crippen LogP contribution in [0, 0.1) is 0 Å². The van der Waals surface area contributed by atoms with E-state index in [1.54, 1.807) is 0 Å². The molecular weight excluding hydrogens is 236 g/mol. The minimum absolute atomic E-state index is 0.0142. The van der Waals surface area contributed by atoms with E-state index in [-0.39, 0.29) is 13.2 Å². The largest absolute Gasteiger partial charge is 0.387 e. The minimum atomic E-state index is -1.81. The van der Waals surface area contributed by atoms with Crippen LogP contribution in [0.25, 0.3) is 0 Å². The van der Waals surface area contributed by atoms with Crippen molar-refractivity contribution in [1.82, 2.24) is 0 Å². The molecule has 2 aliphatic heterocycles. The maximum Gasteiger partial charge on any atom is 0.305 e. The normalized spacial score (nSPS) is 45.5. The molecule has 9 heteroatoms. The molecule has 2 heterocycles.